The van der Waals surface area contributed by atoms with Crippen molar-refractivity contribution >= 4 is 24.4 Å². The maximum Gasteiger partial charge on any atom is 0.407 e. The molecule has 2 saturated heterocycles. The molecule has 2 fully saturated rings. The molecule has 0 aromatic heterocycles. The molecule has 0 radical (unpaired) electrons. The predicted octanol–water partition coefficient (Wildman–Crippen LogP) is 5.18. The Balaban J connectivity index is 1.37. The Hall–Kier alpha value is -2.92. The van der Waals surface area contributed by atoms with Gasteiger partial charge in [0.1, 0.15) is 12.4 Å². The zero-order chi connectivity index (χ0) is 37.1. The Morgan fingerprint density at radius 1 is 1.02 bits per heavy atom. The number of aliphatic hydroxyl groups excluding tert-OH is 1. The number of nitrogens with zero attached hydrogens (tertiary/aromatic N) is 2. The summed E-state index contributed by atoms with van der Waals surface area (Å²) >= 11 is 0. The summed E-state index contributed by atoms with van der Waals surface area (Å²) in [4.78, 5) is 14.3. The van der Waals surface area contributed by atoms with E-state index < -0.39 is 48.9 Å². The maximum atomic E-state index is 14.1. The fraction of sp³-hybridized carbons (Fsp3) is 0.639. The van der Waals surface area contributed by atoms with Gasteiger partial charge in [0.05, 0.1) is 42.9 Å². The molecular weight excluding hydrogens is 697 g/mol. The number of aliphatic hydroxyl groups is 1. The number of hydrogen-bond donors (Lipinski definition) is 2. The van der Waals surface area contributed by atoms with Gasteiger partial charge in [-0.25, -0.2) is 13.2 Å². The largest absolute Gasteiger partial charge is 0.491 e. The highest BCUT2D eigenvalue weighted by Gasteiger charge is 2.49. The quantitative estimate of drug-likeness (QED) is 0.173. The van der Waals surface area contributed by atoms with E-state index in [0.29, 0.717) is 43.5 Å². The van der Waals surface area contributed by atoms with Crippen LogP contribution in [-0.2, 0) is 30.3 Å². The highest BCUT2D eigenvalue weighted by atomic mass is 32.2. The van der Waals surface area contributed by atoms with Crippen molar-refractivity contribution in [1.29, 1.82) is 0 Å². The Kier molecular flexibility index (Phi) is 12.3. The number of sulfonamides is 1. The van der Waals surface area contributed by atoms with Crippen LogP contribution in [0.1, 0.15) is 46.6 Å². The van der Waals surface area contributed by atoms with Gasteiger partial charge in [0, 0.05) is 25.1 Å². The highest BCUT2D eigenvalue weighted by molar-refractivity contribution is 7.89. The summed E-state index contributed by atoms with van der Waals surface area (Å²) in [6.45, 7) is 15.9. The van der Waals surface area contributed by atoms with E-state index in [1.807, 2.05) is 38.1 Å². The van der Waals surface area contributed by atoms with Crippen LogP contribution in [0.25, 0.3) is 0 Å². The molecule has 15 heteroatoms. The van der Waals surface area contributed by atoms with Gasteiger partial charge in [-0.1, -0.05) is 46.8 Å². The molecule has 284 valence electrons. The number of carbonyl (C=O) groups is 1. The van der Waals surface area contributed by atoms with Gasteiger partial charge in [0.2, 0.25) is 16.8 Å². The third kappa shape index (κ3) is 9.18. The summed E-state index contributed by atoms with van der Waals surface area (Å²) < 4.78 is 63.9. The summed E-state index contributed by atoms with van der Waals surface area (Å²) in [5.74, 6) is 1.11. The first-order valence-corrected chi connectivity index (χ1v) is 22.0. The standard InChI is InChI=1S/C36H54N2O11SSi/c1-24(2)20-37(50(42,43)27-12-13-32-33(19-27)48-23-47-32)21-31(39)29(38(35(40)41)30-22-46-34-28(30)14-15-45-34)18-25-8-10-26(11-9-25)44-16-17-49-51(6,7)36(3,4)5/h8-13,19,24,28-31,34,39H,14-18,20-23H2,1-7H3,(H,40,41)/t28-,29-,30-,31-,34+/m0/s1. The van der Waals surface area contributed by atoms with Gasteiger partial charge in [0.25, 0.3) is 0 Å². The fourth-order valence-corrected chi connectivity index (χ4v) is 9.17. The van der Waals surface area contributed by atoms with Crippen molar-refractivity contribution in [3.8, 4) is 17.2 Å². The molecule has 51 heavy (non-hydrogen) atoms. The van der Waals surface area contributed by atoms with Crippen LogP contribution in [0.4, 0.5) is 4.79 Å². The lowest BCUT2D eigenvalue weighted by Crippen LogP contribution is -2.57. The molecule has 3 aliphatic heterocycles. The summed E-state index contributed by atoms with van der Waals surface area (Å²) in [7, 11) is -6.03. The number of rotatable bonds is 16. The first-order valence-electron chi connectivity index (χ1n) is 17.7. The molecule has 2 N–H and O–H groups in total. The Morgan fingerprint density at radius 3 is 2.39 bits per heavy atom. The molecule has 0 unspecified atom stereocenters. The van der Waals surface area contributed by atoms with E-state index in [9.17, 15) is 23.4 Å². The number of carboxylic acid groups (broad SMARTS) is 1. The molecule has 5 atom stereocenters. The van der Waals surface area contributed by atoms with Crippen molar-refractivity contribution in [2.45, 2.75) is 95.0 Å². The van der Waals surface area contributed by atoms with Crippen molar-refractivity contribution in [3.05, 3.63) is 48.0 Å². The zero-order valence-electron chi connectivity index (χ0n) is 30.7. The molecule has 0 aliphatic carbocycles. The minimum Gasteiger partial charge on any atom is -0.491 e. The van der Waals surface area contributed by atoms with E-state index in [1.165, 1.54) is 21.3 Å². The summed E-state index contributed by atoms with van der Waals surface area (Å²) in [6.07, 6.45) is -2.40. The Bertz CT molecular complexity index is 1600. The minimum atomic E-state index is -4.13. The number of ether oxygens (including phenoxy) is 5. The monoisotopic (exact) mass is 750 g/mol. The van der Waals surface area contributed by atoms with E-state index in [-0.39, 0.29) is 54.7 Å². The first kappa shape index (κ1) is 39.3. The normalized spacial score (nSPS) is 21.6. The molecule has 3 heterocycles. The lowest BCUT2D eigenvalue weighted by atomic mass is 9.93. The van der Waals surface area contributed by atoms with Crippen LogP contribution in [0.15, 0.2) is 47.4 Å². The molecule has 1 amide bonds. The number of benzene rings is 2. The van der Waals surface area contributed by atoms with E-state index in [0.717, 1.165) is 5.56 Å². The van der Waals surface area contributed by atoms with Gasteiger partial charge in [-0.3, -0.25) is 4.90 Å². The second kappa shape index (κ2) is 16.0. The van der Waals surface area contributed by atoms with Gasteiger partial charge in [-0.05, 0) is 66.7 Å². The van der Waals surface area contributed by atoms with Gasteiger partial charge < -0.3 is 38.3 Å². The average Bonchev–Trinajstić information content (AvgIpc) is 3.81. The van der Waals surface area contributed by atoms with Crippen molar-refractivity contribution in [2.24, 2.45) is 11.8 Å². The number of hydrogen-bond acceptors (Lipinski definition) is 10. The topological polar surface area (TPSA) is 154 Å². The van der Waals surface area contributed by atoms with Crippen molar-refractivity contribution in [3.63, 3.8) is 0 Å². The third-order valence-corrected chi connectivity index (χ3v) is 16.7. The zero-order valence-corrected chi connectivity index (χ0v) is 32.6. The van der Waals surface area contributed by atoms with Crippen molar-refractivity contribution in [2.75, 3.05) is 46.3 Å². The average molecular weight is 751 g/mol. The lowest BCUT2D eigenvalue weighted by molar-refractivity contribution is -0.0906. The molecule has 13 nitrogen and oxygen atoms in total. The molecule has 5 rings (SSSR count). The van der Waals surface area contributed by atoms with Gasteiger partial charge in [0.15, 0.2) is 26.1 Å². The second-order valence-electron chi connectivity index (χ2n) is 15.5. The van der Waals surface area contributed by atoms with Gasteiger partial charge in [-0.15, -0.1) is 0 Å². The van der Waals surface area contributed by atoms with Crippen LogP contribution >= 0.6 is 0 Å². The van der Waals surface area contributed by atoms with Crippen LogP contribution in [0, 0.1) is 11.8 Å². The summed E-state index contributed by atoms with van der Waals surface area (Å²) in [5, 5.41) is 22.8. The summed E-state index contributed by atoms with van der Waals surface area (Å²) in [5.41, 5.74) is 0.752. The maximum absolute atomic E-state index is 14.1. The molecular formula is C36H54N2O11SSi. The van der Waals surface area contributed by atoms with E-state index >= 15 is 0 Å². The van der Waals surface area contributed by atoms with Crippen LogP contribution in [0.3, 0.4) is 0 Å². The van der Waals surface area contributed by atoms with Gasteiger partial charge in [-0.2, -0.15) is 4.31 Å². The van der Waals surface area contributed by atoms with Crippen LogP contribution in [0.2, 0.25) is 18.1 Å². The van der Waals surface area contributed by atoms with Crippen LogP contribution in [0.5, 0.6) is 17.2 Å². The third-order valence-electron chi connectivity index (χ3n) is 10.3. The second-order valence-corrected chi connectivity index (χ2v) is 22.2. The van der Waals surface area contributed by atoms with Crippen molar-refractivity contribution < 1.29 is 51.5 Å². The van der Waals surface area contributed by atoms with E-state index in [1.54, 1.807) is 6.07 Å². The molecule has 2 aromatic carbocycles. The molecule has 2 aromatic rings. The van der Waals surface area contributed by atoms with Gasteiger partial charge >= 0.3 is 6.09 Å². The minimum absolute atomic E-state index is 0.00353. The van der Waals surface area contributed by atoms with Crippen LogP contribution < -0.4 is 14.2 Å². The SMILES string of the molecule is CC(C)CN(C[C@H](O)[C@H](Cc1ccc(OCCO[Si](C)(C)C(C)(C)C)cc1)N(C(=O)O)[C@H]1CO[C@H]2OCC[C@H]21)S(=O)(=O)c1ccc2c(c1)OCO2. The number of fused-ring (bicyclic) bond motifs is 2. The predicted molar refractivity (Wildman–Crippen MR) is 192 cm³/mol. The lowest BCUT2D eigenvalue weighted by Gasteiger charge is -2.39. The van der Waals surface area contributed by atoms with Crippen molar-refractivity contribution in [1.82, 2.24) is 9.21 Å². The smallest absolute Gasteiger partial charge is 0.407 e. The fourth-order valence-electron chi connectivity index (χ4n) is 6.51. The molecule has 3 aliphatic rings. The molecule has 0 spiro atoms. The van der Waals surface area contributed by atoms with Crippen LogP contribution in [-0.4, -0.2) is 113 Å². The molecule has 0 saturated carbocycles. The molecule has 0 bridgehead atoms. The number of amides is 1. The Labute approximate surface area is 302 Å². The first-order chi connectivity index (χ1) is 24.0. The highest BCUT2D eigenvalue weighted by Crippen LogP contribution is 2.38. The summed E-state index contributed by atoms with van der Waals surface area (Å²) in [6, 6.07) is 10.1. The van der Waals surface area contributed by atoms with E-state index in [4.69, 9.17) is 28.1 Å². The van der Waals surface area contributed by atoms with E-state index in [2.05, 4.69) is 33.9 Å². The Morgan fingerprint density at radius 2 is 1.73 bits per heavy atom.